The molecule has 3 N–H and O–H groups in total. The van der Waals surface area contributed by atoms with Crippen LogP contribution in [0, 0.1) is 0 Å². The molecule has 9 heteroatoms. The Morgan fingerprint density at radius 3 is 2.75 bits per heavy atom. The van der Waals surface area contributed by atoms with Crippen molar-refractivity contribution in [3.63, 3.8) is 0 Å². The van der Waals surface area contributed by atoms with Gasteiger partial charge in [0, 0.05) is 24.6 Å². The van der Waals surface area contributed by atoms with Crippen molar-refractivity contribution in [2.45, 2.75) is 23.8 Å². The molecule has 0 unspecified atom stereocenters. The number of nitrogens with zero attached hydrogens (tertiary/aromatic N) is 4. The molecule has 20 heavy (non-hydrogen) atoms. The second-order valence-corrected chi connectivity index (χ2v) is 6.69. The summed E-state index contributed by atoms with van der Waals surface area (Å²) < 4.78 is 25.1. The molecule has 3 rings (SSSR count). The van der Waals surface area contributed by atoms with Crippen LogP contribution < -0.4 is 11.1 Å². The maximum Gasteiger partial charge on any atom is 0.182 e. The molecule has 0 bridgehead atoms. The number of hydrogen-bond acceptors (Lipinski definition) is 7. The van der Waals surface area contributed by atoms with Crippen LogP contribution in [0.1, 0.15) is 12.8 Å². The smallest absolute Gasteiger partial charge is 0.182 e. The van der Waals surface area contributed by atoms with Gasteiger partial charge in [-0.3, -0.25) is 0 Å². The first kappa shape index (κ1) is 12.9. The quantitative estimate of drug-likeness (QED) is 0.828. The summed E-state index contributed by atoms with van der Waals surface area (Å²) in [5.74, 6) is 0.756. The van der Waals surface area contributed by atoms with E-state index in [9.17, 15) is 8.42 Å². The zero-order valence-electron chi connectivity index (χ0n) is 10.8. The lowest BCUT2D eigenvalue weighted by molar-refractivity contribution is 0.602. The first-order valence-corrected chi connectivity index (χ1v) is 7.97. The molecule has 0 radical (unpaired) electrons. The van der Waals surface area contributed by atoms with Gasteiger partial charge in [0.25, 0.3) is 0 Å². The Hall–Kier alpha value is -2.16. The third kappa shape index (κ3) is 2.31. The third-order valence-corrected chi connectivity index (χ3v) is 4.09. The highest BCUT2D eigenvalue weighted by Gasteiger charge is 2.29. The van der Waals surface area contributed by atoms with Crippen LogP contribution >= 0.6 is 0 Å². The molecule has 0 amide bonds. The van der Waals surface area contributed by atoms with E-state index in [1.165, 1.54) is 17.2 Å². The Balaban J connectivity index is 2.15. The molecule has 0 atom stereocenters. The predicted octanol–water partition coefficient (Wildman–Crippen LogP) is 0.222. The Morgan fingerprint density at radius 2 is 2.20 bits per heavy atom. The molecule has 0 aliphatic heterocycles. The summed E-state index contributed by atoms with van der Waals surface area (Å²) >= 11 is 0. The number of sulfone groups is 1. The van der Waals surface area contributed by atoms with E-state index in [-0.39, 0.29) is 22.6 Å². The van der Waals surface area contributed by atoms with E-state index >= 15 is 0 Å². The number of rotatable bonds is 4. The SMILES string of the molecule is CS(=O)(=O)c1c(NC2CC2)nn(-c2ccncn2)c1N. The molecule has 8 nitrogen and oxygen atoms in total. The van der Waals surface area contributed by atoms with E-state index in [2.05, 4.69) is 20.4 Å². The van der Waals surface area contributed by atoms with Crippen LogP contribution in [0.4, 0.5) is 11.6 Å². The van der Waals surface area contributed by atoms with Crippen LogP contribution in [0.3, 0.4) is 0 Å². The number of nitrogen functional groups attached to an aromatic ring is 1. The van der Waals surface area contributed by atoms with E-state index in [1.807, 2.05) is 0 Å². The summed E-state index contributed by atoms with van der Waals surface area (Å²) in [4.78, 5) is 7.85. The minimum Gasteiger partial charge on any atom is -0.382 e. The topological polar surface area (TPSA) is 116 Å². The average molecular weight is 294 g/mol. The fourth-order valence-electron chi connectivity index (χ4n) is 1.88. The molecule has 106 valence electrons. The molecular weight excluding hydrogens is 280 g/mol. The lowest BCUT2D eigenvalue weighted by atomic mass is 10.5. The summed E-state index contributed by atoms with van der Waals surface area (Å²) in [5.41, 5.74) is 5.94. The van der Waals surface area contributed by atoms with Crippen molar-refractivity contribution in [2.75, 3.05) is 17.3 Å². The zero-order chi connectivity index (χ0) is 14.3. The minimum atomic E-state index is -3.48. The predicted molar refractivity (Wildman–Crippen MR) is 73.3 cm³/mol. The van der Waals surface area contributed by atoms with Gasteiger partial charge in [-0.1, -0.05) is 0 Å². The second-order valence-electron chi connectivity index (χ2n) is 4.73. The molecule has 1 fully saturated rings. The van der Waals surface area contributed by atoms with Gasteiger partial charge in [0.1, 0.15) is 12.1 Å². The van der Waals surface area contributed by atoms with E-state index in [0.29, 0.717) is 5.82 Å². The first-order chi connectivity index (χ1) is 9.47. The van der Waals surface area contributed by atoms with Crippen molar-refractivity contribution in [3.05, 3.63) is 18.6 Å². The number of hydrogen-bond donors (Lipinski definition) is 2. The van der Waals surface area contributed by atoms with Crippen LogP contribution in [0.2, 0.25) is 0 Å². The molecule has 2 heterocycles. The molecule has 1 saturated carbocycles. The van der Waals surface area contributed by atoms with Crippen molar-refractivity contribution in [2.24, 2.45) is 0 Å². The molecule has 1 aliphatic carbocycles. The van der Waals surface area contributed by atoms with Crippen molar-refractivity contribution in [3.8, 4) is 5.82 Å². The molecule has 2 aromatic heterocycles. The van der Waals surface area contributed by atoms with Gasteiger partial charge in [0.05, 0.1) is 0 Å². The van der Waals surface area contributed by atoms with Crippen molar-refractivity contribution in [1.82, 2.24) is 19.7 Å². The summed E-state index contributed by atoms with van der Waals surface area (Å²) in [5, 5.41) is 7.33. The van der Waals surface area contributed by atoms with Crippen LogP contribution in [0.5, 0.6) is 0 Å². The Bertz CT molecular complexity index is 736. The highest BCUT2D eigenvalue weighted by Crippen LogP contribution is 2.32. The fourth-order valence-corrected chi connectivity index (χ4v) is 2.80. The van der Waals surface area contributed by atoms with Gasteiger partial charge in [-0.05, 0) is 12.8 Å². The van der Waals surface area contributed by atoms with Crippen molar-refractivity contribution in [1.29, 1.82) is 0 Å². The number of nitrogens with two attached hydrogens (primary N) is 1. The second kappa shape index (κ2) is 4.44. The summed E-state index contributed by atoms with van der Waals surface area (Å²) in [7, 11) is -3.48. The van der Waals surface area contributed by atoms with Gasteiger partial charge in [0.15, 0.2) is 26.4 Å². The van der Waals surface area contributed by atoms with Crippen LogP contribution in [-0.2, 0) is 9.84 Å². The first-order valence-electron chi connectivity index (χ1n) is 6.08. The van der Waals surface area contributed by atoms with Crippen molar-refractivity contribution >= 4 is 21.5 Å². The minimum absolute atomic E-state index is 0.0167. The Labute approximate surface area is 116 Å². The molecule has 0 spiro atoms. The van der Waals surface area contributed by atoms with Crippen molar-refractivity contribution < 1.29 is 8.42 Å². The maximum atomic E-state index is 11.9. The average Bonchev–Trinajstić information content (AvgIpc) is 3.12. The number of nitrogens with one attached hydrogen (secondary N) is 1. The molecule has 0 aromatic carbocycles. The Morgan fingerprint density at radius 1 is 1.45 bits per heavy atom. The maximum absolute atomic E-state index is 11.9. The highest BCUT2D eigenvalue weighted by molar-refractivity contribution is 7.91. The summed E-state index contributed by atoms with van der Waals surface area (Å²) in [6, 6.07) is 1.87. The van der Waals surface area contributed by atoms with Gasteiger partial charge in [-0.25, -0.2) is 18.4 Å². The Kier molecular flexibility index (Phi) is 2.85. The molecule has 2 aromatic rings. The van der Waals surface area contributed by atoms with E-state index in [4.69, 9.17) is 5.73 Å². The largest absolute Gasteiger partial charge is 0.382 e. The standard InChI is InChI=1S/C11H14N6O2S/c1-20(18,19)9-10(12)17(8-4-5-13-6-14-8)16-11(9)15-7-2-3-7/h4-7H,2-3,12H2,1H3,(H,15,16). The monoisotopic (exact) mass is 294 g/mol. The van der Waals surface area contributed by atoms with Gasteiger partial charge < -0.3 is 11.1 Å². The highest BCUT2D eigenvalue weighted by atomic mass is 32.2. The van der Waals surface area contributed by atoms with Gasteiger partial charge in [-0.15, -0.1) is 5.10 Å². The van der Waals surface area contributed by atoms with Gasteiger partial charge >= 0.3 is 0 Å². The van der Waals surface area contributed by atoms with Gasteiger partial charge in [-0.2, -0.15) is 4.68 Å². The normalized spacial score (nSPS) is 15.2. The molecular formula is C11H14N6O2S. The van der Waals surface area contributed by atoms with E-state index in [0.717, 1.165) is 19.1 Å². The number of aromatic nitrogens is 4. The zero-order valence-corrected chi connectivity index (χ0v) is 11.6. The van der Waals surface area contributed by atoms with E-state index in [1.54, 1.807) is 6.07 Å². The van der Waals surface area contributed by atoms with Crippen LogP contribution in [0.25, 0.3) is 5.82 Å². The van der Waals surface area contributed by atoms with Gasteiger partial charge in [0.2, 0.25) is 0 Å². The fraction of sp³-hybridized carbons (Fsp3) is 0.364. The third-order valence-electron chi connectivity index (χ3n) is 2.95. The summed E-state index contributed by atoms with van der Waals surface area (Å²) in [6.07, 6.45) is 6.01. The molecule has 1 aliphatic rings. The van der Waals surface area contributed by atoms with Crippen LogP contribution in [0.15, 0.2) is 23.5 Å². The number of anilines is 2. The lowest BCUT2D eigenvalue weighted by Gasteiger charge is -2.02. The van der Waals surface area contributed by atoms with Crippen LogP contribution in [-0.4, -0.2) is 40.5 Å². The summed E-state index contributed by atoms with van der Waals surface area (Å²) in [6.45, 7) is 0. The van der Waals surface area contributed by atoms with E-state index < -0.39 is 9.84 Å². The lowest BCUT2D eigenvalue weighted by Crippen LogP contribution is -2.08. The molecule has 0 saturated heterocycles.